The Morgan fingerprint density at radius 2 is 2.11 bits per heavy atom. The number of thioether (sulfide) groups is 1. The normalized spacial score (nSPS) is 29.7. The van der Waals surface area contributed by atoms with Crippen LogP contribution in [0.5, 0.6) is 0 Å². The summed E-state index contributed by atoms with van der Waals surface area (Å²) in [5.41, 5.74) is 0. The Morgan fingerprint density at radius 1 is 1.47 bits per heavy atom. The van der Waals surface area contributed by atoms with Gasteiger partial charge in [0, 0.05) is 25.3 Å². The number of aliphatic hydroxyl groups is 2. The molecule has 2 N–H and O–H groups in total. The van der Waals surface area contributed by atoms with Gasteiger partial charge in [0.1, 0.15) is 6.04 Å². The van der Waals surface area contributed by atoms with Gasteiger partial charge in [-0.25, -0.2) is 0 Å². The summed E-state index contributed by atoms with van der Waals surface area (Å²) in [4.78, 5) is 27.3. The third-order valence-corrected chi connectivity index (χ3v) is 5.29. The molecule has 0 saturated carbocycles. The zero-order chi connectivity index (χ0) is 14.0. The molecule has 0 aliphatic carbocycles. The summed E-state index contributed by atoms with van der Waals surface area (Å²) in [7, 11) is 0. The summed E-state index contributed by atoms with van der Waals surface area (Å²) in [5, 5.41) is 18.0. The number of fused-ring (bicyclic) bond motifs is 1. The molecule has 108 valence electrons. The molecule has 2 rings (SSSR count). The summed E-state index contributed by atoms with van der Waals surface area (Å²) in [6.45, 7) is 2.10. The third kappa shape index (κ3) is 2.59. The van der Waals surface area contributed by atoms with E-state index < -0.39 is 6.04 Å². The molecule has 0 bridgehead atoms. The molecule has 0 aromatic rings. The molecule has 6 nitrogen and oxygen atoms in total. The molecule has 2 aliphatic rings. The van der Waals surface area contributed by atoms with Crippen molar-refractivity contribution >= 4 is 23.6 Å². The zero-order valence-corrected chi connectivity index (χ0v) is 11.9. The molecule has 2 fully saturated rings. The van der Waals surface area contributed by atoms with Gasteiger partial charge < -0.3 is 20.0 Å². The van der Waals surface area contributed by atoms with Crippen LogP contribution in [0.4, 0.5) is 0 Å². The van der Waals surface area contributed by atoms with Gasteiger partial charge in [-0.05, 0) is 13.3 Å². The van der Waals surface area contributed by atoms with Gasteiger partial charge >= 0.3 is 0 Å². The number of nitrogens with zero attached hydrogens (tertiary/aromatic N) is 2. The maximum absolute atomic E-state index is 12.5. The van der Waals surface area contributed by atoms with Crippen molar-refractivity contribution < 1.29 is 19.8 Å². The van der Waals surface area contributed by atoms with Crippen LogP contribution in [-0.2, 0) is 9.59 Å². The molecule has 0 spiro atoms. The molecule has 2 aliphatic heterocycles. The van der Waals surface area contributed by atoms with E-state index in [9.17, 15) is 9.59 Å². The van der Waals surface area contributed by atoms with E-state index >= 15 is 0 Å². The second-order valence-electron chi connectivity index (χ2n) is 5.04. The van der Waals surface area contributed by atoms with Gasteiger partial charge in [0.15, 0.2) is 0 Å². The smallest absolute Gasteiger partial charge is 0.246 e. The van der Waals surface area contributed by atoms with E-state index in [1.54, 1.807) is 16.7 Å². The first-order valence-electron chi connectivity index (χ1n) is 6.50. The molecule has 0 radical (unpaired) electrons. The number of rotatable bonds is 5. The van der Waals surface area contributed by atoms with E-state index in [4.69, 9.17) is 10.2 Å². The van der Waals surface area contributed by atoms with Crippen LogP contribution < -0.4 is 0 Å². The van der Waals surface area contributed by atoms with Gasteiger partial charge in [0.25, 0.3) is 0 Å². The number of carbonyl (C=O) groups excluding carboxylic acids is 2. The van der Waals surface area contributed by atoms with Gasteiger partial charge in [0.2, 0.25) is 11.8 Å². The second-order valence-corrected chi connectivity index (χ2v) is 6.54. The van der Waals surface area contributed by atoms with Crippen molar-refractivity contribution in [2.45, 2.75) is 30.7 Å². The SMILES string of the molecule is CC12CCC(=O)N1C(C(=O)N(CCO)CCO)CS2. The van der Waals surface area contributed by atoms with Crippen molar-refractivity contribution in [3.63, 3.8) is 0 Å². The molecule has 2 saturated heterocycles. The van der Waals surface area contributed by atoms with Crippen molar-refractivity contribution in [1.29, 1.82) is 0 Å². The first-order chi connectivity index (χ1) is 9.03. The van der Waals surface area contributed by atoms with E-state index in [1.165, 1.54) is 4.90 Å². The number of hydrogen-bond acceptors (Lipinski definition) is 5. The molecule has 0 aromatic carbocycles. The summed E-state index contributed by atoms with van der Waals surface area (Å²) in [6, 6.07) is -0.455. The van der Waals surface area contributed by atoms with E-state index in [1.807, 2.05) is 6.92 Å². The van der Waals surface area contributed by atoms with Crippen LogP contribution in [-0.4, -0.2) is 74.8 Å². The molecule has 2 amide bonds. The quantitative estimate of drug-likeness (QED) is 0.696. The highest BCUT2D eigenvalue weighted by Gasteiger charge is 2.53. The van der Waals surface area contributed by atoms with E-state index in [0.29, 0.717) is 12.2 Å². The van der Waals surface area contributed by atoms with Crippen molar-refractivity contribution in [3.05, 3.63) is 0 Å². The maximum Gasteiger partial charge on any atom is 0.246 e. The molecule has 2 heterocycles. The number of carbonyl (C=O) groups is 2. The average Bonchev–Trinajstić information content (AvgIpc) is 2.86. The van der Waals surface area contributed by atoms with Crippen molar-refractivity contribution in [2.75, 3.05) is 32.1 Å². The largest absolute Gasteiger partial charge is 0.395 e. The fourth-order valence-electron chi connectivity index (χ4n) is 2.79. The molecule has 2 unspecified atom stereocenters. The van der Waals surface area contributed by atoms with Crippen LogP contribution in [0.15, 0.2) is 0 Å². The van der Waals surface area contributed by atoms with Crippen LogP contribution in [0.25, 0.3) is 0 Å². The van der Waals surface area contributed by atoms with Crippen LogP contribution in [0.2, 0.25) is 0 Å². The van der Waals surface area contributed by atoms with Crippen molar-refractivity contribution in [1.82, 2.24) is 9.80 Å². The number of aliphatic hydroxyl groups excluding tert-OH is 2. The van der Waals surface area contributed by atoms with Crippen LogP contribution in [0.3, 0.4) is 0 Å². The topological polar surface area (TPSA) is 81.1 Å². The Bertz CT molecular complexity index is 373. The lowest BCUT2D eigenvalue weighted by molar-refractivity contribution is -0.144. The van der Waals surface area contributed by atoms with Crippen LogP contribution >= 0.6 is 11.8 Å². The fourth-order valence-corrected chi connectivity index (χ4v) is 4.21. The predicted molar refractivity (Wildman–Crippen MR) is 71.5 cm³/mol. The Labute approximate surface area is 116 Å². The van der Waals surface area contributed by atoms with Gasteiger partial charge in [-0.3, -0.25) is 9.59 Å². The van der Waals surface area contributed by atoms with E-state index in [0.717, 1.165) is 6.42 Å². The Balaban J connectivity index is 2.12. The molecule has 7 heteroatoms. The van der Waals surface area contributed by atoms with Gasteiger partial charge in [-0.2, -0.15) is 0 Å². The number of hydrogen-bond donors (Lipinski definition) is 2. The first-order valence-corrected chi connectivity index (χ1v) is 7.48. The molecule has 0 aromatic heterocycles. The second kappa shape index (κ2) is 5.68. The Hall–Kier alpha value is -0.790. The fraction of sp³-hybridized carbons (Fsp3) is 0.833. The molecule has 2 atom stereocenters. The van der Waals surface area contributed by atoms with E-state index in [2.05, 4.69) is 0 Å². The summed E-state index contributed by atoms with van der Waals surface area (Å²) in [6.07, 6.45) is 1.27. The summed E-state index contributed by atoms with van der Waals surface area (Å²) >= 11 is 1.64. The third-order valence-electron chi connectivity index (χ3n) is 3.78. The highest BCUT2D eigenvalue weighted by Crippen LogP contribution is 2.47. The average molecular weight is 288 g/mol. The standard InChI is InChI=1S/C12H20N2O4S/c1-12-3-2-10(17)14(12)9(8-19-12)11(18)13(4-6-15)5-7-16/h9,15-16H,2-8H2,1H3. The minimum atomic E-state index is -0.455. The predicted octanol–water partition coefficient (Wildman–Crippen LogP) is -0.746. The summed E-state index contributed by atoms with van der Waals surface area (Å²) in [5.74, 6) is 0.447. The zero-order valence-electron chi connectivity index (χ0n) is 11.0. The Morgan fingerprint density at radius 3 is 2.68 bits per heavy atom. The summed E-state index contributed by atoms with van der Waals surface area (Å²) < 4.78 is 0. The highest BCUT2D eigenvalue weighted by molar-refractivity contribution is 8.01. The van der Waals surface area contributed by atoms with Gasteiger partial charge in [-0.1, -0.05) is 0 Å². The van der Waals surface area contributed by atoms with Crippen molar-refractivity contribution in [3.8, 4) is 0 Å². The van der Waals surface area contributed by atoms with Crippen molar-refractivity contribution in [2.24, 2.45) is 0 Å². The lowest BCUT2D eigenvalue weighted by Gasteiger charge is -2.32. The van der Waals surface area contributed by atoms with Crippen LogP contribution in [0, 0.1) is 0 Å². The maximum atomic E-state index is 12.5. The van der Waals surface area contributed by atoms with Gasteiger partial charge in [0.05, 0.1) is 18.1 Å². The molecule has 19 heavy (non-hydrogen) atoms. The van der Waals surface area contributed by atoms with E-state index in [-0.39, 0.29) is 43.0 Å². The van der Waals surface area contributed by atoms with Crippen LogP contribution in [0.1, 0.15) is 19.8 Å². The Kier molecular flexibility index (Phi) is 4.37. The minimum Gasteiger partial charge on any atom is -0.395 e. The number of amides is 2. The monoisotopic (exact) mass is 288 g/mol. The minimum absolute atomic E-state index is 0.0267. The highest BCUT2D eigenvalue weighted by atomic mass is 32.2. The first kappa shape index (κ1) is 14.6. The molecular weight excluding hydrogens is 268 g/mol. The van der Waals surface area contributed by atoms with Gasteiger partial charge in [-0.15, -0.1) is 11.8 Å². The molecular formula is C12H20N2O4S. The lowest BCUT2D eigenvalue weighted by atomic mass is 10.2. The lowest BCUT2D eigenvalue weighted by Crippen LogP contribution is -2.52.